The minimum absolute atomic E-state index is 0. The van der Waals surface area contributed by atoms with E-state index < -0.39 is 0 Å². The summed E-state index contributed by atoms with van der Waals surface area (Å²) in [7, 11) is 0. The van der Waals surface area contributed by atoms with Gasteiger partial charge in [-0.25, -0.2) is 0 Å². The molecule has 0 spiro atoms. The molecule has 5 heteroatoms. The Bertz CT molecular complexity index is 1240. The lowest BCUT2D eigenvalue weighted by atomic mass is 10.0. The number of aromatic amines is 1. The number of H-pyrrole nitrogens is 1. The molecule has 0 unspecified atom stereocenters. The average Bonchev–Trinajstić information content (AvgIpc) is 2.97. The fourth-order valence-electron chi connectivity index (χ4n) is 4.48. The van der Waals surface area contributed by atoms with Gasteiger partial charge in [0.15, 0.2) is 0 Å². The van der Waals surface area contributed by atoms with E-state index in [4.69, 9.17) is 4.74 Å². The number of benzene rings is 2. The number of para-hydroxylation sites is 2. The quantitative estimate of drug-likeness (QED) is 0.332. The molecule has 1 aliphatic rings. The molecule has 0 saturated heterocycles. The molecule has 5 nitrogen and oxygen atoms in total. The van der Waals surface area contributed by atoms with Crippen LogP contribution in [0.5, 0.6) is 5.75 Å². The number of nitrogens with one attached hydrogen (secondary N) is 2. The number of hydrogen-bond acceptors (Lipinski definition) is 3. The molecule has 0 bridgehead atoms. The Hall–Kier alpha value is -3.73. The van der Waals surface area contributed by atoms with Gasteiger partial charge in [-0.05, 0) is 80.3 Å². The lowest BCUT2D eigenvalue weighted by Gasteiger charge is -2.23. The van der Waals surface area contributed by atoms with Crippen molar-refractivity contribution in [2.75, 3.05) is 23.4 Å². The van der Waals surface area contributed by atoms with E-state index >= 15 is 0 Å². The molecular weight excluding hydrogens is 446 g/mol. The normalized spacial score (nSPS) is 14.8. The van der Waals surface area contributed by atoms with Gasteiger partial charge in [0.05, 0.1) is 18.0 Å². The number of ether oxygens (including phenoxy) is 1. The minimum atomic E-state index is -0.00879. The van der Waals surface area contributed by atoms with E-state index in [1.54, 1.807) is 0 Å². The van der Waals surface area contributed by atoms with Crippen molar-refractivity contribution in [3.8, 4) is 16.9 Å². The van der Waals surface area contributed by atoms with Crippen LogP contribution < -0.4 is 15.0 Å². The van der Waals surface area contributed by atoms with Gasteiger partial charge in [0.25, 0.3) is 5.91 Å². The Balaban J connectivity index is 0.00000253. The first kappa shape index (κ1) is 25.4. The highest BCUT2D eigenvalue weighted by Gasteiger charge is 2.25. The summed E-state index contributed by atoms with van der Waals surface area (Å²) in [6.07, 6.45) is 7.92. The molecule has 0 fully saturated rings. The molecule has 2 heterocycles. The molecule has 1 amide bonds. The predicted molar refractivity (Wildman–Crippen MR) is 154 cm³/mol. The number of nitrogens with zero attached hydrogens (tertiary/aromatic N) is 1. The number of aromatic nitrogens is 1. The van der Waals surface area contributed by atoms with Crippen LogP contribution in [0.3, 0.4) is 0 Å². The number of anilines is 2. The van der Waals surface area contributed by atoms with Crippen LogP contribution >= 0.6 is 0 Å². The van der Waals surface area contributed by atoms with Gasteiger partial charge in [0.2, 0.25) is 0 Å². The third-order valence-electron chi connectivity index (χ3n) is 6.47. The number of carbonyl (C=O) groups is 1. The Labute approximate surface area is 217 Å². The predicted octanol–water partition coefficient (Wildman–Crippen LogP) is 8.03. The van der Waals surface area contributed by atoms with Crippen LogP contribution in [0, 0.1) is 6.92 Å². The second kappa shape index (κ2) is 12.3. The molecule has 192 valence electrons. The third kappa shape index (κ3) is 6.28. The van der Waals surface area contributed by atoms with Crippen LogP contribution in [0.25, 0.3) is 11.1 Å². The van der Waals surface area contributed by atoms with Gasteiger partial charge in [-0.1, -0.05) is 44.0 Å². The Morgan fingerprint density at radius 1 is 1.06 bits per heavy atom. The highest BCUT2D eigenvalue weighted by molar-refractivity contribution is 6.08. The number of hydrogen-bond donors (Lipinski definition) is 2. The molecule has 1 aliphatic heterocycles. The molecule has 1 aromatic heterocycles. The molecule has 36 heavy (non-hydrogen) atoms. The lowest BCUT2D eigenvalue weighted by Crippen LogP contribution is -2.32. The number of amides is 1. The van der Waals surface area contributed by atoms with E-state index in [9.17, 15) is 4.79 Å². The molecular formula is C31H41N3O2. The van der Waals surface area contributed by atoms with Crippen molar-refractivity contribution >= 4 is 17.3 Å². The number of unbranched alkanes of at least 4 members (excludes halogenated alkanes) is 2. The summed E-state index contributed by atoms with van der Waals surface area (Å²) in [6, 6.07) is 22.4. The smallest absolute Gasteiger partial charge is 0.258 e. The van der Waals surface area contributed by atoms with Crippen LogP contribution in [-0.2, 0) is 0 Å². The number of fused-ring (bicyclic) bond motifs is 1. The summed E-state index contributed by atoms with van der Waals surface area (Å²) in [4.78, 5) is 18.9. The van der Waals surface area contributed by atoms with Gasteiger partial charge in [-0.15, -0.1) is 0 Å². The van der Waals surface area contributed by atoms with Gasteiger partial charge in [-0.2, -0.15) is 0 Å². The summed E-state index contributed by atoms with van der Waals surface area (Å²) in [5.41, 5.74) is 5.69. The van der Waals surface area contributed by atoms with Crippen LogP contribution in [0.4, 0.5) is 11.4 Å². The molecule has 3 aromatic rings. The van der Waals surface area contributed by atoms with E-state index in [0.29, 0.717) is 24.8 Å². The van der Waals surface area contributed by atoms with Gasteiger partial charge in [-0.3, -0.25) is 4.79 Å². The first-order valence-electron chi connectivity index (χ1n) is 13.0. The molecule has 0 aliphatic carbocycles. The zero-order valence-electron chi connectivity index (χ0n) is 21.6. The topological polar surface area (TPSA) is 57.4 Å². The monoisotopic (exact) mass is 487 g/mol. The largest absolute Gasteiger partial charge is 0.493 e. The van der Waals surface area contributed by atoms with Crippen LogP contribution in [0.15, 0.2) is 79.1 Å². The Morgan fingerprint density at radius 2 is 1.92 bits per heavy atom. The van der Waals surface area contributed by atoms with Crippen molar-refractivity contribution in [3.63, 3.8) is 0 Å². The van der Waals surface area contributed by atoms with Crippen LogP contribution in [0.1, 0.15) is 58.3 Å². The number of rotatable bonds is 7. The molecule has 4 rings (SSSR count). The van der Waals surface area contributed by atoms with E-state index in [-0.39, 0.29) is 8.76 Å². The van der Waals surface area contributed by atoms with E-state index in [1.807, 2.05) is 71.9 Å². The Morgan fingerprint density at radius 3 is 2.78 bits per heavy atom. The summed E-state index contributed by atoms with van der Waals surface area (Å²) < 4.78 is 6.31. The summed E-state index contributed by atoms with van der Waals surface area (Å²) in [6.45, 7) is 7.70. The molecule has 2 aromatic carbocycles. The maximum Gasteiger partial charge on any atom is 0.258 e. The fourth-order valence-corrected chi connectivity index (χ4v) is 4.48. The van der Waals surface area contributed by atoms with Crippen LogP contribution in [-0.4, -0.2) is 30.1 Å². The summed E-state index contributed by atoms with van der Waals surface area (Å²) in [5.74, 6) is 0.733. The maximum absolute atomic E-state index is 13.8. The van der Waals surface area contributed by atoms with Gasteiger partial charge < -0.3 is 19.9 Å². The highest BCUT2D eigenvalue weighted by atomic mass is 16.5. The van der Waals surface area contributed by atoms with Crippen LogP contribution in [0.2, 0.25) is 0 Å². The van der Waals surface area contributed by atoms with Crippen molar-refractivity contribution in [2.24, 2.45) is 0 Å². The lowest BCUT2D eigenvalue weighted by molar-refractivity contribution is 0.0986. The van der Waals surface area contributed by atoms with E-state index in [1.165, 1.54) is 0 Å². The summed E-state index contributed by atoms with van der Waals surface area (Å²) >= 11 is 0. The molecule has 1 atom stereocenters. The van der Waals surface area contributed by atoms with Crippen molar-refractivity contribution in [1.82, 2.24) is 4.98 Å². The highest BCUT2D eigenvalue weighted by Crippen LogP contribution is 2.34. The second-order valence-electron chi connectivity index (χ2n) is 9.44. The second-order valence-corrected chi connectivity index (χ2v) is 9.44. The zero-order valence-corrected chi connectivity index (χ0v) is 21.6. The fraction of sp³-hybridized carbons (Fsp3) is 0.323. The number of carbonyl (C=O) groups excluding carboxylic acids is 1. The first-order valence-corrected chi connectivity index (χ1v) is 13.0. The van der Waals surface area contributed by atoms with Crippen molar-refractivity contribution < 1.29 is 12.4 Å². The molecule has 2 N–H and O–H groups in total. The first-order chi connectivity index (χ1) is 17.6. The number of aryl methyl sites for hydroxylation is 1. The van der Waals surface area contributed by atoms with E-state index in [0.717, 1.165) is 59.5 Å². The Kier molecular flexibility index (Phi) is 8.66. The van der Waals surface area contributed by atoms with Gasteiger partial charge in [0.1, 0.15) is 5.75 Å². The van der Waals surface area contributed by atoms with Crippen molar-refractivity contribution in [2.45, 2.75) is 52.5 Å². The SMILES string of the molecule is CCCCCOc1cc(C(=O)N2CC[C@H](C)Nc3ccccc32)ccc1-c1ccc[nH]ccc(C)c1.[HH].[HH]. The standard InChI is InChI=1S/C31H37N3O2.2H2/c1-4-5-8-20-36-30-22-26(13-14-27(30)25-10-9-17-32-18-15-23(2)21-25)31(35)34-19-16-24(3)33-28-11-6-7-12-29(28)34;;/h6-7,9-15,17-18,21-22,24,32-33H,4-5,8,16,19-20H2,1-3H3;2*1H/t24-;;/m0../s1. The average molecular weight is 488 g/mol. The van der Waals surface area contributed by atoms with Crippen molar-refractivity contribution in [3.05, 3.63) is 90.3 Å². The maximum atomic E-state index is 13.8. The van der Waals surface area contributed by atoms with E-state index in [2.05, 4.69) is 43.2 Å². The zero-order chi connectivity index (χ0) is 25.3. The minimum Gasteiger partial charge on any atom is -0.493 e. The van der Waals surface area contributed by atoms with Gasteiger partial charge >= 0.3 is 0 Å². The molecule has 0 saturated carbocycles. The van der Waals surface area contributed by atoms with Crippen molar-refractivity contribution in [1.29, 1.82) is 0 Å². The summed E-state index contributed by atoms with van der Waals surface area (Å²) in [5, 5.41) is 3.53. The molecule has 0 radical (unpaired) electrons. The third-order valence-corrected chi connectivity index (χ3v) is 6.47. The van der Waals surface area contributed by atoms with Gasteiger partial charge in [0, 0.05) is 39.0 Å².